The van der Waals surface area contributed by atoms with Crippen molar-refractivity contribution in [3.8, 4) is 5.75 Å². The van der Waals surface area contributed by atoms with Crippen molar-refractivity contribution in [2.75, 3.05) is 23.1 Å². The lowest BCUT2D eigenvalue weighted by Crippen LogP contribution is -2.06. The number of nitrogens with zero attached hydrogens (tertiary/aromatic N) is 3. The van der Waals surface area contributed by atoms with Crippen molar-refractivity contribution in [2.45, 2.75) is 6.92 Å². The predicted octanol–water partition coefficient (Wildman–Crippen LogP) is 3.98. The van der Waals surface area contributed by atoms with E-state index in [1.807, 2.05) is 18.2 Å². The van der Waals surface area contributed by atoms with Gasteiger partial charge in [0, 0.05) is 24.0 Å². The van der Waals surface area contributed by atoms with E-state index < -0.39 is 0 Å². The molecular formula is C18H17ClN6O2. The first-order chi connectivity index (χ1) is 13.0. The minimum atomic E-state index is -0.144. The fraction of sp³-hybridized carbons (Fsp3) is 0.111. The summed E-state index contributed by atoms with van der Waals surface area (Å²) in [5.41, 5.74) is 2.12. The number of anilines is 5. The van der Waals surface area contributed by atoms with Crippen molar-refractivity contribution in [3.63, 3.8) is 0 Å². The number of carbonyl (C=O) groups excluding carboxylic acids is 1. The van der Waals surface area contributed by atoms with Crippen molar-refractivity contribution < 1.29 is 9.53 Å². The molecule has 0 radical (unpaired) electrons. The molecule has 0 saturated heterocycles. The molecule has 3 aromatic rings. The largest absolute Gasteiger partial charge is 0.495 e. The van der Waals surface area contributed by atoms with Gasteiger partial charge in [-0.05, 0) is 36.4 Å². The Hall–Kier alpha value is -3.39. The number of halogens is 1. The summed E-state index contributed by atoms with van der Waals surface area (Å²) in [6, 6.07) is 12.5. The number of methoxy groups -OCH3 is 1. The molecule has 1 amide bonds. The minimum Gasteiger partial charge on any atom is -0.495 e. The number of hydrogen-bond donors (Lipinski definition) is 3. The number of carbonyl (C=O) groups is 1. The van der Waals surface area contributed by atoms with Crippen LogP contribution in [0, 0.1) is 0 Å². The van der Waals surface area contributed by atoms with Crippen LogP contribution in [0.3, 0.4) is 0 Å². The van der Waals surface area contributed by atoms with Crippen LogP contribution in [0.1, 0.15) is 6.92 Å². The van der Waals surface area contributed by atoms with Gasteiger partial charge in [-0.15, -0.1) is 5.10 Å². The summed E-state index contributed by atoms with van der Waals surface area (Å²) in [6.45, 7) is 1.45. The third-order valence-corrected chi connectivity index (χ3v) is 3.72. The van der Waals surface area contributed by atoms with Crippen LogP contribution in [0.25, 0.3) is 0 Å². The maximum atomic E-state index is 11.2. The Labute approximate surface area is 160 Å². The fourth-order valence-electron chi connectivity index (χ4n) is 2.32. The number of rotatable bonds is 6. The third kappa shape index (κ3) is 5.05. The molecule has 0 saturated carbocycles. The summed E-state index contributed by atoms with van der Waals surface area (Å²) in [6.07, 6.45) is 1.50. The minimum absolute atomic E-state index is 0.144. The van der Waals surface area contributed by atoms with E-state index in [1.54, 1.807) is 31.4 Å². The van der Waals surface area contributed by atoms with Gasteiger partial charge in [-0.3, -0.25) is 4.79 Å². The SMILES string of the molecule is COc1ccc(Nc2cnnc(Nc3cccc(NC(C)=O)c3)n2)cc1Cl. The van der Waals surface area contributed by atoms with Gasteiger partial charge in [0.2, 0.25) is 11.9 Å². The molecule has 0 aliphatic heterocycles. The predicted molar refractivity (Wildman–Crippen MR) is 105 cm³/mol. The summed E-state index contributed by atoms with van der Waals surface area (Å²) in [5, 5.41) is 17.3. The lowest BCUT2D eigenvalue weighted by atomic mass is 10.3. The first-order valence-corrected chi connectivity index (χ1v) is 8.36. The number of ether oxygens (including phenoxy) is 1. The molecule has 0 unspecified atom stereocenters. The molecule has 3 rings (SSSR count). The fourth-order valence-corrected chi connectivity index (χ4v) is 2.57. The first kappa shape index (κ1) is 18.4. The van der Waals surface area contributed by atoms with Crippen LogP contribution in [0.4, 0.5) is 28.8 Å². The van der Waals surface area contributed by atoms with E-state index in [-0.39, 0.29) is 5.91 Å². The second-order valence-electron chi connectivity index (χ2n) is 5.53. The number of nitrogens with one attached hydrogen (secondary N) is 3. The zero-order valence-electron chi connectivity index (χ0n) is 14.7. The highest BCUT2D eigenvalue weighted by Crippen LogP contribution is 2.28. The smallest absolute Gasteiger partial charge is 0.249 e. The van der Waals surface area contributed by atoms with Crippen molar-refractivity contribution >= 4 is 46.3 Å². The molecule has 0 spiro atoms. The molecule has 0 atom stereocenters. The number of hydrogen-bond acceptors (Lipinski definition) is 7. The maximum absolute atomic E-state index is 11.2. The summed E-state index contributed by atoms with van der Waals surface area (Å²) in [5.74, 6) is 1.24. The molecule has 0 aliphatic rings. The van der Waals surface area contributed by atoms with E-state index >= 15 is 0 Å². The topological polar surface area (TPSA) is 101 Å². The molecule has 0 bridgehead atoms. The molecule has 0 aliphatic carbocycles. The maximum Gasteiger partial charge on any atom is 0.249 e. The molecular weight excluding hydrogens is 368 g/mol. The quantitative estimate of drug-likeness (QED) is 0.590. The van der Waals surface area contributed by atoms with Crippen molar-refractivity contribution in [3.05, 3.63) is 53.7 Å². The van der Waals surface area contributed by atoms with Crippen molar-refractivity contribution in [2.24, 2.45) is 0 Å². The standard InChI is InChI=1S/C18H17ClN6O2/c1-11(26)21-12-4-3-5-13(8-12)23-18-24-17(10-20-25-18)22-14-6-7-16(27-2)15(19)9-14/h3-10H,1-2H3,(H,21,26)(H2,22,23,24,25). The second-order valence-corrected chi connectivity index (χ2v) is 5.93. The number of aromatic nitrogens is 3. The van der Waals surface area contributed by atoms with E-state index in [0.29, 0.717) is 33.9 Å². The van der Waals surface area contributed by atoms with Crippen LogP contribution in [0.15, 0.2) is 48.7 Å². The summed E-state index contributed by atoms with van der Waals surface area (Å²) < 4.78 is 5.14. The highest BCUT2D eigenvalue weighted by atomic mass is 35.5. The zero-order valence-corrected chi connectivity index (χ0v) is 15.4. The Balaban J connectivity index is 1.74. The van der Waals surface area contributed by atoms with Crippen LogP contribution < -0.4 is 20.7 Å². The number of benzene rings is 2. The highest BCUT2D eigenvalue weighted by Gasteiger charge is 2.06. The lowest BCUT2D eigenvalue weighted by Gasteiger charge is -2.10. The van der Waals surface area contributed by atoms with Gasteiger partial charge in [0.05, 0.1) is 18.3 Å². The van der Waals surface area contributed by atoms with Gasteiger partial charge in [-0.1, -0.05) is 17.7 Å². The average molecular weight is 385 g/mol. The molecule has 8 nitrogen and oxygen atoms in total. The summed E-state index contributed by atoms with van der Waals surface area (Å²) >= 11 is 6.13. The van der Waals surface area contributed by atoms with Gasteiger partial charge in [-0.2, -0.15) is 10.1 Å². The van der Waals surface area contributed by atoms with E-state index in [9.17, 15) is 4.79 Å². The van der Waals surface area contributed by atoms with Crippen LogP contribution in [0.5, 0.6) is 5.75 Å². The Morgan fingerprint density at radius 1 is 1.07 bits per heavy atom. The molecule has 3 N–H and O–H groups in total. The lowest BCUT2D eigenvalue weighted by molar-refractivity contribution is -0.114. The van der Waals surface area contributed by atoms with Gasteiger partial charge in [-0.25, -0.2) is 0 Å². The van der Waals surface area contributed by atoms with Crippen LogP contribution in [-0.4, -0.2) is 28.2 Å². The first-order valence-electron chi connectivity index (χ1n) is 7.98. The Morgan fingerprint density at radius 2 is 1.85 bits per heavy atom. The summed E-state index contributed by atoms with van der Waals surface area (Å²) in [4.78, 5) is 15.5. The molecule has 0 fully saturated rings. The molecule has 27 heavy (non-hydrogen) atoms. The second kappa shape index (κ2) is 8.33. The Bertz CT molecular complexity index is 966. The molecule has 1 aromatic heterocycles. The molecule has 1 heterocycles. The molecule has 2 aromatic carbocycles. The van der Waals surface area contributed by atoms with Crippen LogP contribution in [-0.2, 0) is 4.79 Å². The average Bonchev–Trinajstić information content (AvgIpc) is 2.62. The van der Waals surface area contributed by atoms with E-state index in [2.05, 4.69) is 31.1 Å². The van der Waals surface area contributed by atoms with Crippen LogP contribution in [0.2, 0.25) is 5.02 Å². The van der Waals surface area contributed by atoms with E-state index in [1.165, 1.54) is 13.1 Å². The van der Waals surface area contributed by atoms with Crippen molar-refractivity contribution in [1.82, 2.24) is 15.2 Å². The third-order valence-electron chi connectivity index (χ3n) is 3.42. The summed E-state index contributed by atoms with van der Waals surface area (Å²) in [7, 11) is 1.56. The zero-order chi connectivity index (χ0) is 19.2. The Morgan fingerprint density at radius 3 is 2.59 bits per heavy atom. The highest BCUT2D eigenvalue weighted by molar-refractivity contribution is 6.32. The van der Waals surface area contributed by atoms with Gasteiger partial charge >= 0.3 is 0 Å². The molecule has 9 heteroatoms. The normalized spacial score (nSPS) is 10.2. The monoisotopic (exact) mass is 384 g/mol. The number of amides is 1. The Kier molecular flexibility index (Phi) is 5.68. The van der Waals surface area contributed by atoms with Gasteiger partial charge < -0.3 is 20.7 Å². The van der Waals surface area contributed by atoms with Crippen molar-refractivity contribution in [1.29, 1.82) is 0 Å². The van der Waals surface area contributed by atoms with Gasteiger partial charge in [0.25, 0.3) is 0 Å². The van der Waals surface area contributed by atoms with Gasteiger partial charge in [0.1, 0.15) is 5.75 Å². The van der Waals surface area contributed by atoms with E-state index in [4.69, 9.17) is 16.3 Å². The van der Waals surface area contributed by atoms with E-state index in [0.717, 1.165) is 5.69 Å². The van der Waals surface area contributed by atoms with Crippen LogP contribution >= 0.6 is 11.6 Å². The molecule has 138 valence electrons. The van der Waals surface area contributed by atoms with Gasteiger partial charge in [0.15, 0.2) is 5.82 Å².